The summed E-state index contributed by atoms with van der Waals surface area (Å²) >= 11 is 0. The number of nitrogens with zero attached hydrogens (tertiary/aromatic N) is 1. The van der Waals surface area contributed by atoms with E-state index in [0.717, 1.165) is 82.1 Å². The second-order valence-electron chi connectivity index (χ2n) is 20.4. The van der Waals surface area contributed by atoms with Crippen LogP contribution in [0.1, 0.15) is 66.3 Å². The summed E-state index contributed by atoms with van der Waals surface area (Å²) in [6.07, 6.45) is 1.62. The van der Waals surface area contributed by atoms with Crippen molar-refractivity contribution in [2.75, 3.05) is 36.2 Å². The number of nitrogens with one attached hydrogen (secondary N) is 5. The second kappa shape index (κ2) is 18.8. The zero-order valence-corrected chi connectivity index (χ0v) is 43.6. The quantitative estimate of drug-likeness (QED) is 0.0567. The van der Waals surface area contributed by atoms with Crippen molar-refractivity contribution in [3.05, 3.63) is 190 Å². The number of aliphatic hydroxyl groups excluding tert-OH is 1. The molecule has 0 aromatic heterocycles. The van der Waals surface area contributed by atoms with E-state index >= 15 is 4.79 Å². The van der Waals surface area contributed by atoms with Gasteiger partial charge in [-0.1, -0.05) is 109 Å². The van der Waals surface area contributed by atoms with Gasteiger partial charge < -0.3 is 35.8 Å². The van der Waals surface area contributed by atoms with E-state index in [4.69, 9.17) is 14.5 Å². The topological polar surface area (TPSA) is 197 Å². The average molecular weight is 1100 g/mol. The minimum absolute atomic E-state index is 0.0161. The van der Waals surface area contributed by atoms with Crippen LogP contribution >= 0.6 is 0 Å². The number of hydrogen-bond donors (Lipinski definition) is 6. The number of amides is 2. The molecule has 2 unspecified atom stereocenters. The van der Waals surface area contributed by atoms with Gasteiger partial charge in [0, 0.05) is 75.1 Å². The van der Waals surface area contributed by atoms with Crippen LogP contribution in [0.25, 0.3) is 54.9 Å². The summed E-state index contributed by atoms with van der Waals surface area (Å²) in [6, 6.07) is 47.1. The van der Waals surface area contributed by atoms with Crippen molar-refractivity contribution in [2.45, 2.75) is 55.4 Å². The number of unbranched alkanes of at least 4 members (excludes halogenated alkanes) is 2. The monoisotopic (exact) mass is 1090 g/mol. The minimum atomic E-state index is -5.80. The fraction of sp³-hybridized carbons (Fsp3) is 0.194. The van der Waals surface area contributed by atoms with Gasteiger partial charge in [-0.15, -0.1) is 0 Å². The van der Waals surface area contributed by atoms with Crippen LogP contribution in [0, 0.1) is 0 Å². The molecular weight excluding hydrogens is 1050 g/mol. The van der Waals surface area contributed by atoms with Gasteiger partial charge in [-0.2, -0.15) is 21.6 Å². The number of rotatable bonds is 14. The van der Waals surface area contributed by atoms with Crippen molar-refractivity contribution in [1.29, 1.82) is 0 Å². The van der Waals surface area contributed by atoms with Crippen LogP contribution in [0.4, 0.5) is 30.2 Å². The van der Waals surface area contributed by atoms with Crippen LogP contribution < -0.4 is 46.0 Å². The highest BCUT2D eigenvalue weighted by atomic mass is 32.2. The third kappa shape index (κ3) is 7.85. The SMILES string of the molecule is CNC(=O)CCCCOc1ccc2c(c1)C1(N=c3/c(=C4/C(=O)C(c5ccc6cccc7c6c5NC5(N7)c6ccccc6-c6ccc(OCCCCC(=O)NS(=O)(=O)C(F)(F)F)cc65)=C4O)ccc4cccc(c34)N1)c1ccccc1-2. The van der Waals surface area contributed by atoms with Crippen molar-refractivity contribution in [3.63, 3.8) is 0 Å². The van der Waals surface area contributed by atoms with Crippen LogP contribution in [0.2, 0.25) is 0 Å². The summed E-state index contributed by atoms with van der Waals surface area (Å²) < 4.78 is 74.8. The zero-order valence-electron chi connectivity index (χ0n) is 42.8. The summed E-state index contributed by atoms with van der Waals surface area (Å²) in [5.74, 6) is -0.700. The predicted octanol–water partition coefficient (Wildman–Crippen LogP) is 10.2. The Morgan fingerprint density at radius 1 is 0.613 bits per heavy atom. The number of carbonyl (C=O) groups excluding carboxylic acids is 3. The standard InChI is InChI=1S/C62H49F3N6O8S/c1-66-50(72)20-6-8-30-78-36-24-28-40-38-14-2-4-16-44(38)60(46(40)32-36)67-48-18-10-12-34-22-26-42(56(69-60)52(34)48)54-58(74)55(59(54)75)43-27-23-35-13-11-19-49-53(35)57(43)70-61(68-49)45-17-5-3-15-39(45)41-29-25-37(33-47(41)61)79-31-9-7-21-51(73)71-80(76,77)62(63,64)65/h2-5,10-19,22-29,32-33,67-68,70,74H,6-9,20-21,30-31H2,1H3,(H,66,72)(H,71,73)/b54-42+. The van der Waals surface area contributed by atoms with Gasteiger partial charge in [0.15, 0.2) is 11.3 Å². The van der Waals surface area contributed by atoms with Crippen molar-refractivity contribution in [2.24, 2.45) is 4.99 Å². The molecule has 2 heterocycles. The molecule has 14 nitrogen and oxygen atoms in total. The van der Waals surface area contributed by atoms with Crippen LogP contribution in [0.3, 0.4) is 0 Å². The van der Waals surface area contributed by atoms with Gasteiger partial charge in [0.25, 0.3) is 0 Å². The van der Waals surface area contributed by atoms with Crippen molar-refractivity contribution < 1.29 is 50.6 Å². The maximum absolute atomic E-state index is 15.3. The molecule has 80 heavy (non-hydrogen) atoms. The first kappa shape index (κ1) is 50.4. The van der Waals surface area contributed by atoms with E-state index in [9.17, 15) is 36.3 Å². The van der Waals surface area contributed by atoms with E-state index in [0.29, 0.717) is 59.2 Å². The fourth-order valence-corrected chi connectivity index (χ4v) is 12.6. The number of hydrogen-bond acceptors (Lipinski definition) is 12. The van der Waals surface area contributed by atoms with E-state index in [1.54, 1.807) is 13.1 Å². The Morgan fingerprint density at radius 3 is 1.86 bits per heavy atom. The number of anilines is 3. The van der Waals surface area contributed by atoms with Gasteiger partial charge in [0.2, 0.25) is 17.6 Å². The molecular formula is C62H49F3N6O8S. The lowest BCUT2D eigenvalue weighted by atomic mass is 9.79. The molecule has 8 aromatic rings. The Balaban J connectivity index is 0.878. The van der Waals surface area contributed by atoms with Crippen LogP contribution in [-0.2, 0) is 35.7 Å². The molecule has 13 rings (SSSR count). The lowest BCUT2D eigenvalue weighted by Gasteiger charge is -2.41. The van der Waals surface area contributed by atoms with Crippen molar-refractivity contribution >= 4 is 77.4 Å². The Morgan fingerprint density at radius 2 is 1.19 bits per heavy atom. The van der Waals surface area contributed by atoms with E-state index in [-0.39, 0.29) is 48.0 Å². The smallest absolute Gasteiger partial charge is 0.506 e. The van der Waals surface area contributed by atoms with Crippen LogP contribution in [0.15, 0.2) is 156 Å². The normalized spacial score (nSPS) is 18.5. The predicted molar refractivity (Wildman–Crippen MR) is 299 cm³/mol. The number of alkyl halides is 3. The Bertz CT molecular complexity index is 4320. The number of halogens is 3. The average Bonchev–Trinajstić information content (AvgIpc) is 4.08. The molecule has 18 heteroatoms. The molecule has 0 saturated carbocycles. The lowest BCUT2D eigenvalue weighted by molar-refractivity contribution is -0.121. The summed E-state index contributed by atoms with van der Waals surface area (Å²) in [7, 11) is -4.18. The fourth-order valence-electron chi connectivity index (χ4n) is 12.1. The molecule has 402 valence electrons. The van der Waals surface area contributed by atoms with E-state index in [1.807, 2.05) is 127 Å². The molecule has 2 spiro atoms. The number of benzene rings is 8. The Hall–Kier alpha value is -9.16. The Kier molecular flexibility index (Phi) is 11.8. The number of ether oxygens (including phenoxy) is 2. The summed E-state index contributed by atoms with van der Waals surface area (Å²) in [5.41, 5.74) is 2.34. The van der Waals surface area contributed by atoms with Crippen molar-refractivity contribution in [3.8, 4) is 33.8 Å². The van der Waals surface area contributed by atoms with Gasteiger partial charge in [-0.3, -0.25) is 14.4 Å². The molecule has 0 saturated heterocycles. The van der Waals surface area contributed by atoms with E-state index in [2.05, 4.69) is 33.4 Å². The highest BCUT2D eigenvalue weighted by Gasteiger charge is 2.50. The first-order valence-electron chi connectivity index (χ1n) is 26.2. The molecule has 5 aliphatic rings. The van der Waals surface area contributed by atoms with Gasteiger partial charge in [-0.05, 0) is 95.1 Å². The van der Waals surface area contributed by atoms with Gasteiger partial charge in [0.05, 0.1) is 35.4 Å². The van der Waals surface area contributed by atoms with Crippen LogP contribution in [0.5, 0.6) is 11.5 Å². The molecule has 6 N–H and O–H groups in total. The molecule has 2 atom stereocenters. The zero-order chi connectivity index (χ0) is 55.3. The van der Waals surface area contributed by atoms with Gasteiger partial charge in [-0.25, -0.2) is 9.71 Å². The molecule has 0 fully saturated rings. The lowest BCUT2D eigenvalue weighted by Crippen LogP contribution is -2.45. The third-order valence-corrected chi connectivity index (χ3v) is 16.8. The highest BCUT2D eigenvalue weighted by molar-refractivity contribution is 7.90. The summed E-state index contributed by atoms with van der Waals surface area (Å²) in [5, 5.41) is 31.2. The van der Waals surface area contributed by atoms with Gasteiger partial charge >= 0.3 is 15.5 Å². The molecule has 2 amide bonds. The molecule has 0 bridgehead atoms. The largest absolute Gasteiger partial charge is 0.516 e. The molecule has 3 aliphatic carbocycles. The number of aliphatic hydroxyl groups is 1. The Labute approximate surface area is 456 Å². The summed E-state index contributed by atoms with van der Waals surface area (Å²) in [4.78, 5) is 44.9. The number of fused-ring (bicyclic) bond motifs is 10. The number of carbonyl (C=O) groups is 3. The molecule has 2 aliphatic heterocycles. The third-order valence-electron chi connectivity index (χ3n) is 15.7. The molecule has 0 radical (unpaired) electrons. The highest BCUT2D eigenvalue weighted by Crippen LogP contribution is 2.57. The first-order chi connectivity index (χ1) is 38.6. The van der Waals surface area contributed by atoms with Gasteiger partial charge in [0.1, 0.15) is 17.3 Å². The number of allylic oxidation sites excluding steroid dienone is 2. The maximum atomic E-state index is 15.3. The van der Waals surface area contributed by atoms with E-state index in [1.165, 1.54) is 0 Å². The summed E-state index contributed by atoms with van der Waals surface area (Å²) in [6.45, 7) is 0.491. The molecule has 8 aromatic carbocycles. The number of ketones is 1. The maximum Gasteiger partial charge on any atom is 0.516 e. The second-order valence-corrected chi connectivity index (χ2v) is 22.1. The van der Waals surface area contributed by atoms with E-state index < -0.39 is 39.2 Å². The number of sulfonamides is 1. The number of Topliss-reactive ketones (excluding diaryl/α,β-unsaturated/α-hetero) is 1. The minimum Gasteiger partial charge on any atom is -0.506 e. The van der Waals surface area contributed by atoms with Crippen molar-refractivity contribution in [1.82, 2.24) is 10.0 Å². The van der Waals surface area contributed by atoms with Crippen LogP contribution in [-0.4, -0.2) is 56.9 Å². The first-order valence-corrected chi connectivity index (χ1v) is 27.7.